The third-order valence-corrected chi connectivity index (χ3v) is 3.36. The molecule has 0 unspecified atom stereocenters. The van der Waals surface area contributed by atoms with Crippen LogP contribution in [0.15, 0.2) is 24.3 Å². The first-order valence-electron chi connectivity index (χ1n) is 7.22. The Morgan fingerprint density at radius 1 is 1.32 bits per heavy atom. The topological polar surface area (TPSA) is 55.4 Å². The molecule has 1 aromatic carbocycles. The molecule has 0 fully saturated rings. The summed E-state index contributed by atoms with van der Waals surface area (Å²) < 4.78 is 5.05. The molecular formula is C17H22ClNO3. The number of esters is 1. The Hall–Kier alpha value is -1.81. The maximum atomic E-state index is 11.7. The number of halogens is 1. The number of rotatable bonds is 6. The molecule has 0 spiro atoms. The van der Waals surface area contributed by atoms with Crippen molar-refractivity contribution in [3.8, 4) is 0 Å². The highest BCUT2D eigenvalue weighted by Crippen LogP contribution is 2.17. The quantitative estimate of drug-likeness (QED) is 0.645. The lowest BCUT2D eigenvalue weighted by Gasteiger charge is -2.13. The number of ether oxygens (including phenoxy) is 1. The maximum absolute atomic E-state index is 11.7. The zero-order valence-electron chi connectivity index (χ0n) is 13.4. The Labute approximate surface area is 136 Å². The third kappa shape index (κ3) is 6.31. The lowest BCUT2D eigenvalue weighted by Crippen LogP contribution is -2.37. The molecule has 1 aromatic rings. The first-order chi connectivity index (χ1) is 10.3. The predicted molar refractivity (Wildman–Crippen MR) is 88.6 cm³/mol. The lowest BCUT2D eigenvalue weighted by molar-refractivity contribution is -0.150. The highest BCUT2D eigenvalue weighted by Gasteiger charge is 2.16. The van der Waals surface area contributed by atoms with Crippen LogP contribution < -0.4 is 5.32 Å². The number of hydrogen-bond acceptors (Lipinski definition) is 3. The van der Waals surface area contributed by atoms with E-state index in [4.69, 9.17) is 16.3 Å². The molecule has 0 aliphatic heterocycles. The van der Waals surface area contributed by atoms with Gasteiger partial charge in [-0.15, -0.1) is 0 Å². The normalized spacial score (nSPS) is 12.5. The number of carbonyl (C=O) groups is 2. The minimum Gasteiger partial charge on any atom is -0.449 e. The largest absolute Gasteiger partial charge is 0.449 e. The van der Waals surface area contributed by atoms with Gasteiger partial charge in [-0.1, -0.05) is 37.6 Å². The zero-order valence-corrected chi connectivity index (χ0v) is 14.1. The van der Waals surface area contributed by atoms with Crippen LogP contribution in [0.5, 0.6) is 0 Å². The van der Waals surface area contributed by atoms with Crippen molar-refractivity contribution in [2.75, 3.05) is 6.54 Å². The molecule has 22 heavy (non-hydrogen) atoms. The highest BCUT2D eigenvalue weighted by atomic mass is 35.5. The van der Waals surface area contributed by atoms with E-state index in [1.54, 1.807) is 19.1 Å². The van der Waals surface area contributed by atoms with E-state index in [2.05, 4.69) is 5.32 Å². The molecule has 4 nitrogen and oxygen atoms in total. The highest BCUT2D eigenvalue weighted by molar-refractivity contribution is 6.31. The number of hydrogen-bond donors (Lipinski definition) is 1. The van der Waals surface area contributed by atoms with E-state index in [9.17, 15) is 9.59 Å². The number of amides is 1. The number of aryl methyl sites for hydroxylation is 1. The number of benzene rings is 1. The minimum atomic E-state index is -0.822. The standard InChI is InChI=1S/C17H22ClNO3/c1-11(2)10-19-17(21)13(4)22-16(20)8-7-14-6-5-12(3)15(18)9-14/h5-9,11,13H,10H2,1-4H3,(H,19,21)/b8-7+/t13-/m1/s1. The van der Waals surface area contributed by atoms with E-state index in [0.29, 0.717) is 17.5 Å². The van der Waals surface area contributed by atoms with Gasteiger partial charge in [0.25, 0.3) is 5.91 Å². The second kappa shape index (κ2) is 8.59. The van der Waals surface area contributed by atoms with Gasteiger partial charge in [0.15, 0.2) is 6.10 Å². The lowest BCUT2D eigenvalue weighted by atomic mass is 10.1. The van der Waals surface area contributed by atoms with Gasteiger partial charge in [-0.2, -0.15) is 0 Å². The van der Waals surface area contributed by atoms with Gasteiger partial charge in [-0.3, -0.25) is 4.79 Å². The molecule has 120 valence electrons. The van der Waals surface area contributed by atoms with Gasteiger partial charge >= 0.3 is 5.97 Å². The summed E-state index contributed by atoms with van der Waals surface area (Å²) in [6, 6.07) is 5.48. The summed E-state index contributed by atoms with van der Waals surface area (Å²) in [4.78, 5) is 23.4. The van der Waals surface area contributed by atoms with Crippen LogP contribution in [0.25, 0.3) is 6.08 Å². The molecule has 0 aromatic heterocycles. The smallest absolute Gasteiger partial charge is 0.331 e. The molecule has 1 atom stereocenters. The summed E-state index contributed by atoms with van der Waals surface area (Å²) in [5, 5.41) is 3.35. The zero-order chi connectivity index (χ0) is 16.7. The summed E-state index contributed by atoms with van der Waals surface area (Å²) in [5.74, 6) is -0.518. The van der Waals surface area contributed by atoms with Crippen LogP contribution in [-0.2, 0) is 14.3 Å². The summed E-state index contributed by atoms with van der Waals surface area (Å²) in [7, 11) is 0. The SMILES string of the molecule is Cc1ccc(/C=C/C(=O)O[C@H](C)C(=O)NCC(C)C)cc1Cl. The Bertz CT molecular complexity index is 567. The van der Waals surface area contributed by atoms with Crippen LogP contribution in [0.3, 0.4) is 0 Å². The van der Waals surface area contributed by atoms with Crippen molar-refractivity contribution in [3.63, 3.8) is 0 Å². The van der Waals surface area contributed by atoms with Gasteiger partial charge in [0.2, 0.25) is 0 Å². The molecule has 0 bridgehead atoms. The molecule has 0 saturated carbocycles. The fourth-order valence-electron chi connectivity index (χ4n) is 1.59. The molecular weight excluding hydrogens is 302 g/mol. The van der Waals surface area contributed by atoms with Crippen molar-refractivity contribution in [3.05, 3.63) is 40.4 Å². The molecule has 0 aliphatic rings. The van der Waals surface area contributed by atoms with Gasteiger partial charge < -0.3 is 10.1 Å². The van der Waals surface area contributed by atoms with Crippen molar-refractivity contribution in [2.45, 2.75) is 33.8 Å². The Kier molecular flexibility index (Phi) is 7.12. The van der Waals surface area contributed by atoms with Crippen LogP contribution in [0, 0.1) is 12.8 Å². The minimum absolute atomic E-state index is 0.297. The fourth-order valence-corrected chi connectivity index (χ4v) is 1.78. The van der Waals surface area contributed by atoms with Gasteiger partial charge in [0, 0.05) is 17.6 Å². The Balaban J connectivity index is 2.52. The maximum Gasteiger partial charge on any atom is 0.331 e. The van der Waals surface area contributed by atoms with Crippen molar-refractivity contribution in [2.24, 2.45) is 5.92 Å². The molecule has 0 saturated heterocycles. The number of nitrogens with one attached hydrogen (secondary N) is 1. The molecule has 5 heteroatoms. The monoisotopic (exact) mass is 323 g/mol. The summed E-state index contributed by atoms with van der Waals surface area (Å²) in [5.41, 5.74) is 1.77. The number of carbonyl (C=O) groups excluding carboxylic acids is 2. The van der Waals surface area contributed by atoms with E-state index in [0.717, 1.165) is 11.1 Å². The summed E-state index contributed by atoms with van der Waals surface area (Å²) >= 11 is 6.01. The second-order valence-electron chi connectivity index (χ2n) is 5.56. The molecule has 0 heterocycles. The van der Waals surface area contributed by atoms with E-state index >= 15 is 0 Å². The van der Waals surface area contributed by atoms with E-state index in [1.165, 1.54) is 6.08 Å². The molecule has 1 amide bonds. The van der Waals surface area contributed by atoms with Crippen molar-refractivity contribution < 1.29 is 14.3 Å². The molecule has 0 radical (unpaired) electrons. The predicted octanol–water partition coefficient (Wildman–Crippen LogP) is 3.37. The van der Waals surface area contributed by atoms with Crippen molar-refractivity contribution >= 4 is 29.6 Å². The van der Waals surface area contributed by atoms with Crippen molar-refractivity contribution in [1.82, 2.24) is 5.32 Å². The summed E-state index contributed by atoms with van der Waals surface area (Å²) in [6.45, 7) is 7.99. The Morgan fingerprint density at radius 3 is 2.59 bits per heavy atom. The molecule has 0 aliphatic carbocycles. The molecule has 1 rings (SSSR count). The van der Waals surface area contributed by atoms with Crippen LogP contribution in [0.2, 0.25) is 5.02 Å². The van der Waals surface area contributed by atoms with Crippen LogP contribution in [-0.4, -0.2) is 24.5 Å². The van der Waals surface area contributed by atoms with Gasteiger partial charge in [-0.25, -0.2) is 4.79 Å². The average Bonchev–Trinajstić information content (AvgIpc) is 2.45. The second-order valence-corrected chi connectivity index (χ2v) is 5.97. The van der Waals surface area contributed by atoms with Crippen LogP contribution >= 0.6 is 11.6 Å². The van der Waals surface area contributed by atoms with Gasteiger partial charge in [0.1, 0.15) is 0 Å². The van der Waals surface area contributed by atoms with E-state index in [1.807, 2.05) is 32.9 Å². The van der Waals surface area contributed by atoms with Crippen molar-refractivity contribution in [1.29, 1.82) is 0 Å². The Morgan fingerprint density at radius 2 is 2.00 bits per heavy atom. The first kappa shape index (κ1) is 18.2. The molecule has 1 N–H and O–H groups in total. The van der Waals surface area contributed by atoms with E-state index < -0.39 is 12.1 Å². The van der Waals surface area contributed by atoms with Gasteiger partial charge in [0.05, 0.1) is 0 Å². The van der Waals surface area contributed by atoms with E-state index in [-0.39, 0.29) is 5.91 Å². The summed E-state index contributed by atoms with van der Waals surface area (Å²) in [6.07, 6.45) is 2.07. The average molecular weight is 324 g/mol. The van der Waals surface area contributed by atoms with Gasteiger partial charge in [-0.05, 0) is 43.0 Å². The van der Waals surface area contributed by atoms with Crippen LogP contribution in [0.1, 0.15) is 31.9 Å². The van der Waals surface area contributed by atoms with Crippen LogP contribution in [0.4, 0.5) is 0 Å². The first-order valence-corrected chi connectivity index (χ1v) is 7.60. The fraction of sp³-hybridized carbons (Fsp3) is 0.412. The third-order valence-electron chi connectivity index (χ3n) is 2.95.